The molecule has 0 aliphatic carbocycles. The van der Waals surface area contributed by atoms with E-state index in [-0.39, 0.29) is 5.76 Å². The fourth-order valence-electron chi connectivity index (χ4n) is 2.80. The third kappa shape index (κ3) is 5.08. The Morgan fingerprint density at radius 3 is 2.66 bits per heavy atom. The molecule has 0 aliphatic rings. The number of carbonyl (C=O) groups excluding carboxylic acids is 3. The molecule has 0 saturated heterocycles. The van der Waals surface area contributed by atoms with Crippen LogP contribution < -0.4 is 5.32 Å². The van der Waals surface area contributed by atoms with E-state index in [4.69, 9.17) is 9.15 Å². The first-order valence-electron chi connectivity index (χ1n) is 9.51. The fraction of sp³-hybridized carbons (Fsp3) is 0.0435. The smallest absolute Gasteiger partial charge is 0.331 e. The minimum atomic E-state index is -0.760. The number of furan rings is 1. The van der Waals surface area contributed by atoms with E-state index in [1.165, 1.54) is 35.8 Å². The lowest BCUT2D eigenvalue weighted by molar-refractivity contribution is -0.143. The molecule has 1 aromatic carbocycles. The fourth-order valence-corrected chi connectivity index (χ4v) is 3.53. The highest BCUT2D eigenvalue weighted by atomic mass is 32.1. The normalized spacial score (nSPS) is 10.9. The number of ether oxygens (including phenoxy) is 1. The Balaban J connectivity index is 1.42. The summed E-state index contributed by atoms with van der Waals surface area (Å²) in [7, 11) is 0. The van der Waals surface area contributed by atoms with Crippen LogP contribution in [0.4, 0.5) is 0 Å². The zero-order valence-electron chi connectivity index (χ0n) is 16.6. The first-order chi connectivity index (χ1) is 15.6. The van der Waals surface area contributed by atoms with Crippen LogP contribution in [0.25, 0.3) is 22.3 Å². The highest BCUT2D eigenvalue weighted by molar-refractivity contribution is 7.13. The number of thiophene rings is 1. The predicted molar refractivity (Wildman–Crippen MR) is 118 cm³/mol. The van der Waals surface area contributed by atoms with Gasteiger partial charge in [-0.15, -0.1) is 11.3 Å². The lowest BCUT2D eigenvalue weighted by atomic mass is 10.2. The number of hydrogen-bond donors (Lipinski definition) is 1. The van der Waals surface area contributed by atoms with Crippen LogP contribution >= 0.6 is 11.3 Å². The maximum Gasteiger partial charge on any atom is 0.331 e. The van der Waals surface area contributed by atoms with Crippen molar-refractivity contribution in [3.8, 4) is 16.3 Å². The highest BCUT2D eigenvalue weighted by Gasteiger charge is 2.15. The van der Waals surface area contributed by atoms with E-state index in [2.05, 4.69) is 10.4 Å². The number of nitrogens with zero attached hydrogens (tertiary/aromatic N) is 2. The van der Waals surface area contributed by atoms with Crippen molar-refractivity contribution in [3.63, 3.8) is 0 Å². The second kappa shape index (κ2) is 9.71. The lowest BCUT2D eigenvalue weighted by Gasteiger charge is -2.02. The summed E-state index contributed by atoms with van der Waals surface area (Å²) in [6.45, 7) is -0.601. The van der Waals surface area contributed by atoms with Gasteiger partial charge in [-0.2, -0.15) is 5.10 Å². The van der Waals surface area contributed by atoms with Gasteiger partial charge in [0.1, 0.15) is 5.69 Å². The molecule has 0 spiro atoms. The summed E-state index contributed by atoms with van der Waals surface area (Å²) in [4.78, 5) is 36.6. The van der Waals surface area contributed by atoms with Crippen molar-refractivity contribution in [2.24, 2.45) is 0 Å². The summed E-state index contributed by atoms with van der Waals surface area (Å²) in [6, 6.07) is 16.4. The Bertz CT molecular complexity index is 1240. The molecule has 8 nitrogen and oxygen atoms in total. The van der Waals surface area contributed by atoms with Gasteiger partial charge < -0.3 is 9.15 Å². The summed E-state index contributed by atoms with van der Waals surface area (Å²) in [6.07, 6.45) is 5.91. The van der Waals surface area contributed by atoms with Crippen molar-refractivity contribution < 1.29 is 23.5 Å². The third-order valence-corrected chi connectivity index (χ3v) is 5.14. The van der Waals surface area contributed by atoms with Gasteiger partial charge in [0.25, 0.3) is 11.8 Å². The van der Waals surface area contributed by atoms with Crippen LogP contribution in [0.3, 0.4) is 0 Å². The number of imide groups is 1. The molecule has 9 heteroatoms. The van der Waals surface area contributed by atoms with Gasteiger partial charge in [0.05, 0.1) is 16.8 Å². The molecule has 0 bridgehead atoms. The van der Waals surface area contributed by atoms with Crippen molar-refractivity contribution >= 4 is 35.2 Å². The number of amides is 2. The Morgan fingerprint density at radius 2 is 1.94 bits per heavy atom. The average molecular weight is 447 g/mol. The SMILES string of the molecule is O=C(COC(=O)/C=C/c1cn(-c2ccccc2)nc1-c1cccs1)NC(=O)c1ccco1. The van der Waals surface area contributed by atoms with E-state index in [1.54, 1.807) is 10.8 Å². The molecule has 0 aliphatic heterocycles. The molecule has 4 aromatic rings. The summed E-state index contributed by atoms with van der Waals surface area (Å²) in [5.74, 6) is -2.21. The molecule has 4 rings (SSSR count). The molecule has 0 fully saturated rings. The minimum absolute atomic E-state index is 0.0129. The Kier molecular flexibility index (Phi) is 6.38. The Hall–Kier alpha value is -4.24. The van der Waals surface area contributed by atoms with Crippen LogP contribution in [0.2, 0.25) is 0 Å². The molecule has 0 unspecified atom stereocenters. The standard InChI is InChI=1S/C23H17N3O5S/c27-20(24-23(29)18-8-4-12-30-18)15-31-21(28)11-10-16-14-26(17-6-2-1-3-7-17)25-22(16)19-9-5-13-32-19/h1-14H,15H2,(H,24,27,29)/b11-10+. The van der Waals surface area contributed by atoms with Crippen LogP contribution in [0.5, 0.6) is 0 Å². The van der Waals surface area contributed by atoms with Crippen LogP contribution in [0.15, 0.2) is 82.9 Å². The topological polar surface area (TPSA) is 103 Å². The summed E-state index contributed by atoms with van der Waals surface area (Å²) < 4.78 is 11.5. The molecule has 32 heavy (non-hydrogen) atoms. The molecule has 0 atom stereocenters. The molecule has 160 valence electrons. The van der Waals surface area contributed by atoms with Gasteiger partial charge in [0.2, 0.25) is 0 Å². The van der Waals surface area contributed by atoms with Gasteiger partial charge in [-0.05, 0) is 41.8 Å². The number of hydrogen-bond acceptors (Lipinski definition) is 7. The van der Waals surface area contributed by atoms with Crippen LogP contribution in [0, 0.1) is 0 Å². The zero-order chi connectivity index (χ0) is 22.3. The van der Waals surface area contributed by atoms with Gasteiger partial charge in [-0.3, -0.25) is 14.9 Å². The van der Waals surface area contributed by atoms with Gasteiger partial charge in [0, 0.05) is 17.8 Å². The Morgan fingerprint density at radius 1 is 1.09 bits per heavy atom. The number of aromatic nitrogens is 2. The Labute approximate surface area is 186 Å². The second-order valence-electron chi connectivity index (χ2n) is 6.49. The van der Waals surface area contributed by atoms with E-state index >= 15 is 0 Å². The second-order valence-corrected chi connectivity index (χ2v) is 7.43. The molecule has 1 N–H and O–H groups in total. The number of nitrogens with one attached hydrogen (secondary N) is 1. The molecular weight excluding hydrogens is 430 g/mol. The van der Waals surface area contributed by atoms with E-state index < -0.39 is 24.4 Å². The first-order valence-corrected chi connectivity index (χ1v) is 10.4. The third-order valence-electron chi connectivity index (χ3n) is 4.26. The number of esters is 1. The van der Waals surface area contributed by atoms with Crippen LogP contribution in [-0.4, -0.2) is 34.2 Å². The lowest BCUT2D eigenvalue weighted by Crippen LogP contribution is -2.33. The molecule has 2 amide bonds. The van der Waals surface area contributed by atoms with E-state index in [0.717, 1.165) is 16.3 Å². The van der Waals surface area contributed by atoms with Crippen molar-refractivity contribution in [1.82, 2.24) is 15.1 Å². The zero-order valence-corrected chi connectivity index (χ0v) is 17.5. The highest BCUT2D eigenvalue weighted by Crippen LogP contribution is 2.28. The molecule has 3 aromatic heterocycles. The summed E-state index contributed by atoms with van der Waals surface area (Å²) >= 11 is 1.53. The minimum Gasteiger partial charge on any atom is -0.459 e. The van der Waals surface area contributed by atoms with E-state index in [9.17, 15) is 14.4 Å². The van der Waals surface area contributed by atoms with Crippen molar-refractivity contribution in [1.29, 1.82) is 0 Å². The van der Waals surface area contributed by atoms with Crippen LogP contribution in [0.1, 0.15) is 16.1 Å². The van der Waals surface area contributed by atoms with Crippen LogP contribution in [-0.2, 0) is 14.3 Å². The quantitative estimate of drug-likeness (QED) is 0.342. The molecule has 0 saturated carbocycles. The van der Waals surface area contributed by atoms with Gasteiger partial charge in [0.15, 0.2) is 12.4 Å². The number of para-hydroxylation sites is 1. The maximum atomic E-state index is 12.1. The summed E-state index contributed by atoms with van der Waals surface area (Å²) in [5.41, 5.74) is 2.31. The van der Waals surface area contributed by atoms with Gasteiger partial charge in [-0.1, -0.05) is 24.3 Å². The number of carbonyl (C=O) groups is 3. The largest absolute Gasteiger partial charge is 0.459 e. The van der Waals surface area contributed by atoms with Crippen molar-refractivity contribution in [3.05, 3.63) is 89.8 Å². The van der Waals surface area contributed by atoms with E-state index in [1.807, 2.05) is 54.0 Å². The molecular formula is C23H17N3O5S. The molecule has 3 heterocycles. The summed E-state index contributed by atoms with van der Waals surface area (Å²) in [5, 5.41) is 8.67. The van der Waals surface area contributed by atoms with Gasteiger partial charge in [-0.25, -0.2) is 9.48 Å². The maximum absolute atomic E-state index is 12.1. The van der Waals surface area contributed by atoms with E-state index in [0.29, 0.717) is 5.56 Å². The predicted octanol–water partition coefficient (Wildman–Crippen LogP) is 3.71. The van der Waals surface area contributed by atoms with Crippen molar-refractivity contribution in [2.75, 3.05) is 6.61 Å². The van der Waals surface area contributed by atoms with Crippen molar-refractivity contribution in [2.45, 2.75) is 0 Å². The van der Waals surface area contributed by atoms with Gasteiger partial charge >= 0.3 is 5.97 Å². The monoisotopic (exact) mass is 447 g/mol. The average Bonchev–Trinajstić information content (AvgIpc) is 3.58. The number of rotatable bonds is 7. The molecule has 0 radical (unpaired) electrons. The first kappa shape index (κ1) is 21.0. The number of benzene rings is 1.